The molecule has 0 spiro atoms. The average molecular weight is 365 g/mol. The summed E-state index contributed by atoms with van der Waals surface area (Å²) in [6, 6.07) is 9.89. The van der Waals surface area contributed by atoms with Crippen LogP contribution in [0.1, 0.15) is 23.3 Å². The number of para-hydroxylation sites is 1. The lowest BCUT2D eigenvalue weighted by molar-refractivity contribution is 0.0941. The number of hydrogen-bond acceptors (Lipinski definition) is 5. The van der Waals surface area contributed by atoms with Crippen molar-refractivity contribution in [3.63, 3.8) is 0 Å². The van der Waals surface area contributed by atoms with E-state index in [1.165, 1.54) is 6.07 Å². The first-order valence-corrected chi connectivity index (χ1v) is 9.06. The second kappa shape index (κ2) is 7.65. The van der Waals surface area contributed by atoms with Gasteiger partial charge in [0.05, 0.1) is 0 Å². The second-order valence-corrected chi connectivity index (χ2v) is 6.72. The Morgan fingerprint density at radius 2 is 2.04 bits per heavy atom. The van der Waals surface area contributed by atoms with E-state index in [0.29, 0.717) is 17.8 Å². The molecule has 1 fully saturated rings. The fourth-order valence-electron chi connectivity index (χ4n) is 3.43. The van der Waals surface area contributed by atoms with Gasteiger partial charge in [0.25, 0.3) is 5.91 Å². The van der Waals surface area contributed by atoms with Crippen LogP contribution < -0.4 is 10.2 Å². The van der Waals surface area contributed by atoms with Crippen LogP contribution in [0.5, 0.6) is 0 Å². The van der Waals surface area contributed by atoms with Crippen LogP contribution in [0, 0.1) is 11.7 Å². The number of anilines is 1. The van der Waals surface area contributed by atoms with Crippen LogP contribution in [0.15, 0.2) is 48.8 Å². The van der Waals surface area contributed by atoms with E-state index < -0.39 is 5.82 Å². The lowest BCUT2D eigenvalue weighted by Gasteiger charge is -2.32. The molecule has 1 aliphatic rings. The van der Waals surface area contributed by atoms with Crippen LogP contribution in [-0.2, 0) is 0 Å². The third-order valence-electron chi connectivity index (χ3n) is 4.81. The maximum absolute atomic E-state index is 13.9. The minimum Gasteiger partial charge on any atom is -0.350 e. The summed E-state index contributed by atoms with van der Waals surface area (Å²) in [7, 11) is 0. The van der Waals surface area contributed by atoms with E-state index in [1.807, 2.05) is 0 Å². The fourth-order valence-corrected chi connectivity index (χ4v) is 3.43. The molecule has 138 valence electrons. The molecule has 6 nitrogen and oxygen atoms in total. The normalized spacial score (nSPS) is 17.1. The van der Waals surface area contributed by atoms with Crippen LogP contribution >= 0.6 is 0 Å². The van der Waals surface area contributed by atoms with Gasteiger partial charge in [-0.05, 0) is 37.0 Å². The zero-order valence-corrected chi connectivity index (χ0v) is 14.8. The van der Waals surface area contributed by atoms with Crippen molar-refractivity contribution in [3.8, 4) is 0 Å². The Kier molecular flexibility index (Phi) is 4.91. The predicted molar refractivity (Wildman–Crippen MR) is 101 cm³/mol. The van der Waals surface area contributed by atoms with E-state index >= 15 is 0 Å². The molecule has 0 saturated carbocycles. The highest BCUT2D eigenvalue weighted by molar-refractivity contribution is 5.94. The molecule has 0 radical (unpaired) electrons. The Morgan fingerprint density at radius 1 is 1.19 bits per heavy atom. The van der Waals surface area contributed by atoms with E-state index in [0.717, 1.165) is 31.9 Å². The SMILES string of the molecule is O=C(NCC1CCCN(c2ncccn2)C1)c1ccc2cccc(F)c2n1. The van der Waals surface area contributed by atoms with Crippen molar-refractivity contribution in [2.45, 2.75) is 12.8 Å². The number of nitrogens with zero attached hydrogens (tertiary/aromatic N) is 4. The highest BCUT2D eigenvalue weighted by Gasteiger charge is 2.22. The Hall–Kier alpha value is -3.09. The zero-order valence-electron chi connectivity index (χ0n) is 14.8. The number of carbonyl (C=O) groups excluding carboxylic acids is 1. The molecular formula is C20H20FN5O. The maximum Gasteiger partial charge on any atom is 0.269 e. The number of hydrogen-bond donors (Lipinski definition) is 1. The first kappa shape index (κ1) is 17.3. The van der Waals surface area contributed by atoms with E-state index in [9.17, 15) is 9.18 Å². The van der Waals surface area contributed by atoms with Gasteiger partial charge in [0.2, 0.25) is 5.95 Å². The molecule has 1 aromatic carbocycles. The number of piperidine rings is 1. The molecule has 1 N–H and O–H groups in total. The van der Waals surface area contributed by atoms with E-state index in [2.05, 4.69) is 25.2 Å². The van der Waals surface area contributed by atoms with Gasteiger partial charge in [0.15, 0.2) is 0 Å². The average Bonchev–Trinajstić information content (AvgIpc) is 2.73. The summed E-state index contributed by atoms with van der Waals surface area (Å²) in [6.45, 7) is 2.25. The molecule has 1 atom stereocenters. The summed E-state index contributed by atoms with van der Waals surface area (Å²) in [5.74, 6) is 0.324. The van der Waals surface area contributed by atoms with Crippen molar-refractivity contribution >= 4 is 22.8 Å². The summed E-state index contributed by atoms with van der Waals surface area (Å²) >= 11 is 0. The highest BCUT2D eigenvalue weighted by atomic mass is 19.1. The topological polar surface area (TPSA) is 71.0 Å². The smallest absolute Gasteiger partial charge is 0.269 e. The largest absolute Gasteiger partial charge is 0.350 e. The summed E-state index contributed by atoms with van der Waals surface area (Å²) < 4.78 is 13.9. The van der Waals surface area contributed by atoms with Crippen molar-refractivity contribution in [3.05, 3.63) is 60.3 Å². The molecule has 7 heteroatoms. The van der Waals surface area contributed by atoms with Crippen molar-refractivity contribution in [1.29, 1.82) is 0 Å². The number of benzene rings is 1. The van der Waals surface area contributed by atoms with Crippen LogP contribution in [0.2, 0.25) is 0 Å². The number of rotatable bonds is 4. The van der Waals surface area contributed by atoms with Gasteiger partial charge in [-0.1, -0.05) is 18.2 Å². The molecule has 1 amide bonds. The fraction of sp³-hybridized carbons (Fsp3) is 0.300. The minimum atomic E-state index is -0.423. The lowest BCUT2D eigenvalue weighted by Crippen LogP contribution is -2.41. The monoisotopic (exact) mass is 365 g/mol. The van der Waals surface area contributed by atoms with Crippen LogP contribution in [-0.4, -0.2) is 40.5 Å². The maximum atomic E-state index is 13.9. The number of pyridine rings is 1. The first-order chi connectivity index (χ1) is 13.2. The summed E-state index contributed by atoms with van der Waals surface area (Å²) in [4.78, 5) is 27.4. The van der Waals surface area contributed by atoms with E-state index in [-0.39, 0.29) is 17.1 Å². The highest BCUT2D eigenvalue weighted by Crippen LogP contribution is 2.20. The van der Waals surface area contributed by atoms with Gasteiger partial charge >= 0.3 is 0 Å². The molecule has 3 heterocycles. The van der Waals surface area contributed by atoms with Gasteiger partial charge in [-0.25, -0.2) is 19.3 Å². The van der Waals surface area contributed by atoms with Crippen molar-refractivity contribution in [1.82, 2.24) is 20.3 Å². The third-order valence-corrected chi connectivity index (χ3v) is 4.81. The lowest BCUT2D eigenvalue weighted by atomic mass is 9.98. The molecule has 1 aliphatic heterocycles. The second-order valence-electron chi connectivity index (χ2n) is 6.72. The standard InChI is InChI=1S/C20H20FN5O/c21-16-6-1-5-15-7-8-17(25-18(15)16)19(27)24-12-14-4-2-11-26(13-14)20-22-9-3-10-23-20/h1,3,5-10,14H,2,4,11-13H2,(H,24,27). The van der Waals surface area contributed by atoms with Crippen LogP contribution in [0.25, 0.3) is 10.9 Å². The first-order valence-electron chi connectivity index (χ1n) is 9.06. The number of fused-ring (bicyclic) bond motifs is 1. The number of aromatic nitrogens is 3. The number of amides is 1. The van der Waals surface area contributed by atoms with Crippen LogP contribution in [0.3, 0.4) is 0 Å². The quantitative estimate of drug-likeness (QED) is 0.770. The van der Waals surface area contributed by atoms with Gasteiger partial charge in [-0.3, -0.25) is 4.79 Å². The van der Waals surface area contributed by atoms with Gasteiger partial charge in [-0.15, -0.1) is 0 Å². The minimum absolute atomic E-state index is 0.218. The molecule has 1 unspecified atom stereocenters. The Labute approximate surface area is 156 Å². The molecule has 4 rings (SSSR count). The third kappa shape index (κ3) is 3.86. The van der Waals surface area contributed by atoms with Gasteiger partial charge in [-0.2, -0.15) is 0 Å². The molecule has 0 aliphatic carbocycles. The molecule has 27 heavy (non-hydrogen) atoms. The summed E-state index contributed by atoms with van der Waals surface area (Å²) in [6.07, 6.45) is 5.53. The number of carbonyl (C=O) groups is 1. The summed E-state index contributed by atoms with van der Waals surface area (Å²) in [5, 5.41) is 3.61. The Bertz CT molecular complexity index is 950. The molecular weight excluding hydrogens is 345 g/mol. The molecule has 1 saturated heterocycles. The van der Waals surface area contributed by atoms with Crippen molar-refractivity contribution < 1.29 is 9.18 Å². The summed E-state index contributed by atoms with van der Waals surface area (Å²) in [5.41, 5.74) is 0.446. The zero-order chi connectivity index (χ0) is 18.6. The van der Waals surface area contributed by atoms with Gasteiger partial charge in [0, 0.05) is 37.4 Å². The van der Waals surface area contributed by atoms with Gasteiger partial charge < -0.3 is 10.2 Å². The van der Waals surface area contributed by atoms with E-state index in [1.54, 1.807) is 42.7 Å². The molecule has 0 bridgehead atoms. The number of nitrogens with one attached hydrogen (secondary N) is 1. The molecule has 2 aromatic heterocycles. The van der Waals surface area contributed by atoms with Crippen molar-refractivity contribution in [2.24, 2.45) is 5.92 Å². The Balaban J connectivity index is 1.39. The van der Waals surface area contributed by atoms with E-state index in [4.69, 9.17) is 0 Å². The Morgan fingerprint density at radius 3 is 2.89 bits per heavy atom. The van der Waals surface area contributed by atoms with Crippen molar-refractivity contribution in [2.75, 3.05) is 24.5 Å². The molecule has 3 aromatic rings. The van der Waals surface area contributed by atoms with Gasteiger partial charge in [0.1, 0.15) is 17.0 Å². The van der Waals surface area contributed by atoms with Crippen LogP contribution in [0.4, 0.5) is 10.3 Å². The predicted octanol–water partition coefficient (Wildman–Crippen LogP) is 2.81. The number of halogens is 1.